The number of hydrogen-bond donors (Lipinski definition) is 0. The lowest BCUT2D eigenvalue weighted by Gasteiger charge is -2.18. The molecule has 2 aromatic carbocycles. The van der Waals surface area contributed by atoms with Crippen molar-refractivity contribution >= 4 is 11.7 Å². The molecule has 0 atom stereocenters. The van der Waals surface area contributed by atoms with Crippen LogP contribution in [0.5, 0.6) is 0 Å². The maximum Gasteiger partial charge on any atom is 0.253 e. The standard InChI is InChI=1S/C18H19NO2/c1-3-19(4-2)18(21)16-12-10-15(11-13-16)17(20)14-8-6-5-7-9-14/h5-13H,3-4H2,1-2H3. The molecule has 0 bridgehead atoms. The summed E-state index contributed by atoms with van der Waals surface area (Å²) >= 11 is 0. The number of rotatable bonds is 5. The number of carbonyl (C=O) groups is 2. The van der Waals surface area contributed by atoms with Gasteiger partial charge >= 0.3 is 0 Å². The smallest absolute Gasteiger partial charge is 0.253 e. The summed E-state index contributed by atoms with van der Waals surface area (Å²) in [6.07, 6.45) is 0. The van der Waals surface area contributed by atoms with E-state index in [9.17, 15) is 9.59 Å². The van der Waals surface area contributed by atoms with Crippen molar-refractivity contribution in [2.75, 3.05) is 13.1 Å². The van der Waals surface area contributed by atoms with Gasteiger partial charge in [-0.15, -0.1) is 0 Å². The molecule has 2 aromatic rings. The molecule has 0 spiro atoms. The Morgan fingerprint density at radius 2 is 1.24 bits per heavy atom. The molecule has 21 heavy (non-hydrogen) atoms. The minimum atomic E-state index is -0.0301. The lowest BCUT2D eigenvalue weighted by atomic mass is 10.0. The fourth-order valence-electron chi connectivity index (χ4n) is 2.21. The summed E-state index contributed by atoms with van der Waals surface area (Å²) in [7, 11) is 0. The zero-order valence-corrected chi connectivity index (χ0v) is 12.4. The maximum absolute atomic E-state index is 12.3. The average Bonchev–Trinajstić information content (AvgIpc) is 2.56. The molecule has 1 amide bonds. The number of benzene rings is 2. The summed E-state index contributed by atoms with van der Waals surface area (Å²) in [6.45, 7) is 5.27. The van der Waals surface area contributed by atoms with E-state index < -0.39 is 0 Å². The molecule has 0 aromatic heterocycles. The molecular formula is C18H19NO2. The van der Waals surface area contributed by atoms with Crippen LogP contribution < -0.4 is 0 Å². The molecule has 0 heterocycles. The fourth-order valence-corrected chi connectivity index (χ4v) is 2.21. The Kier molecular flexibility index (Phi) is 4.88. The van der Waals surface area contributed by atoms with E-state index in [1.165, 1.54) is 0 Å². The minimum Gasteiger partial charge on any atom is -0.339 e. The van der Waals surface area contributed by atoms with Crippen LogP contribution in [-0.2, 0) is 0 Å². The van der Waals surface area contributed by atoms with Gasteiger partial charge < -0.3 is 4.90 Å². The molecule has 0 unspecified atom stereocenters. The average molecular weight is 281 g/mol. The van der Waals surface area contributed by atoms with Crippen LogP contribution in [0.15, 0.2) is 54.6 Å². The van der Waals surface area contributed by atoms with Gasteiger partial charge in [0.2, 0.25) is 0 Å². The lowest BCUT2D eigenvalue weighted by molar-refractivity contribution is 0.0772. The number of amides is 1. The molecule has 0 aliphatic heterocycles. The van der Waals surface area contributed by atoms with Gasteiger partial charge in [-0.25, -0.2) is 0 Å². The Bertz CT molecular complexity index is 613. The molecular weight excluding hydrogens is 262 g/mol. The first kappa shape index (κ1) is 15.0. The summed E-state index contributed by atoms with van der Waals surface area (Å²) in [4.78, 5) is 26.2. The first-order chi connectivity index (χ1) is 10.2. The van der Waals surface area contributed by atoms with E-state index in [-0.39, 0.29) is 11.7 Å². The van der Waals surface area contributed by atoms with E-state index >= 15 is 0 Å². The minimum absolute atomic E-state index is 0.00119. The summed E-state index contributed by atoms with van der Waals surface area (Å²) in [5, 5.41) is 0. The number of ketones is 1. The van der Waals surface area contributed by atoms with Gasteiger partial charge in [0.15, 0.2) is 5.78 Å². The molecule has 0 aliphatic rings. The molecule has 3 nitrogen and oxygen atoms in total. The van der Waals surface area contributed by atoms with Crippen molar-refractivity contribution in [3.63, 3.8) is 0 Å². The molecule has 3 heteroatoms. The van der Waals surface area contributed by atoms with Crippen LogP contribution in [0.3, 0.4) is 0 Å². The first-order valence-corrected chi connectivity index (χ1v) is 7.16. The monoisotopic (exact) mass is 281 g/mol. The molecule has 108 valence electrons. The zero-order valence-electron chi connectivity index (χ0n) is 12.4. The van der Waals surface area contributed by atoms with Crippen LogP contribution in [0.2, 0.25) is 0 Å². The Balaban J connectivity index is 2.20. The maximum atomic E-state index is 12.3. The summed E-state index contributed by atoms with van der Waals surface area (Å²) in [6, 6.07) is 16.0. The second-order valence-corrected chi connectivity index (χ2v) is 4.75. The molecule has 0 fully saturated rings. The van der Waals surface area contributed by atoms with Crippen LogP contribution in [-0.4, -0.2) is 29.7 Å². The second-order valence-electron chi connectivity index (χ2n) is 4.75. The summed E-state index contributed by atoms with van der Waals surface area (Å²) < 4.78 is 0. The second kappa shape index (κ2) is 6.84. The van der Waals surface area contributed by atoms with Gasteiger partial charge in [-0.2, -0.15) is 0 Å². The van der Waals surface area contributed by atoms with Crippen molar-refractivity contribution in [2.45, 2.75) is 13.8 Å². The van der Waals surface area contributed by atoms with Crippen molar-refractivity contribution in [1.82, 2.24) is 4.90 Å². The topological polar surface area (TPSA) is 37.4 Å². The number of carbonyl (C=O) groups excluding carboxylic acids is 2. The van der Waals surface area contributed by atoms with Gasteiger partial charge in [-0.1, -0.05) is 42.5 Å². The Hall–Kier alpha value is -2.42. The van der Waals surface area contributed by atoms with Crippen LogP contribution in [0.1, 0.15) is 40.1 Å². The van der Waals surface area contributed by atoms with Gasteiger partial charge in [0, 0.05) is 29.8 Å². The van der Waals surface area contributed by atoms with Gasteiger partial charge in [0.25, 0.3) is 5.91 Å². The molecule has 0 aliphatic carbocycles. The number of nitrogens with zero attached hydrogens (tertiary/aromatic N) is 1. The van der Waals surface area contributed by atoms with E-state index in [0.29, 0.717) is 29.8 Å². The van der Waals surface area contributed by atoms with Gasteiger partial charge in [0.1, 0.15) is 0 Å². The van der Waals surface area contributed by atoms with Crippen LogP contribution in [0.25, 0.3) is 0 Å². The predicted octanol–water partition coefficient (Wildman–Crippen LogP) is 3.40. The largest absolute Gasteiger partial charge is 0.339 e. The van der Waals surface area contributed by atoms with Crippen molar-refractivity contribution in [2.24, 2.45) is 0 Å². The highest BCUT2D eigenvalue weighted by Gasteiger charge is 2.13. The fraction of sp³-hybridized carbons (Fsp3) is 0.222. The van der Waals surface area contributed by atoms with Gasteiger partial charge in [-0.05, 0) is 26.0 Å². The van der Waals surface area contributed by atoms with Crippen molar-refractivity contribution < 1.29 is 9.59 Å². The Morgan fingerprint density at radius 3 is 1.76 bits per heavy atom. The summed E-state index contributed by atoms with van der Waals surface area (Å²) in [5.41, 5.74) is 1.86. The quantitative estimate of drug-likeness (QED) is 0.788. The zero-order chi connectivity index (χ0) is 15.2. The third-order valence-electron chi connectivity index (χ3n) is 3.48. The highest BCUT2D eigenvalue weighted by Crippen LogP contribution is 2.12. The first-order valence-electron chi connectivity index (χ1n) is 7.16. The third-order valence-corrected chi connectivity index (χ3v) is 3.48. The molecule has 0 N–H and O–H groups in total. The van der Waals surface area contributed by atoms with Crippen LogP contribution >= 0.6 is 0 Å². The molecule has 0 saturated heterocycles. The van der Waals surface area contributed by atoms with Gasteiger partial charge in [0.05, 0.1) is 0 Å². The highest BCUT2D eigenvalue weighted by atomic mass is 16.2. The van der Waals surface area contributed by atoms with Crippen molar-refractivity contribution in [3.05, 3.63) is 71.3 Å². The summed E-state index contributed by atoms with van der Waals surface area (Å²) in [5.74, 6) is -0.0313. The van der Waals surface area contributed by atoms with Crippen molar-refractivity contribution in [1.29, 1.82) is 0 Å². The van der Waals surface area contributed by atoms with E-state index in [0.717, 1.165) is 0 Å². The van der Waals surface area contributed by atoms with Gasteiger partial charge in [-0.3, -0.25) is 9.59 Å². The molecule has 0 radical (unpaired) electrons. The van der Waals surface area contributed by atoms with Crippen LogP contribution in [0, 0.1) is 0 Å². The highest BCUT2D eigenvalue weighted by molar-refractivity contribution is 6.09. The number of hydrogen-bond acceptors (Lipinski definition) is 2. The van der Waals surface area contributed by atoms with E-state index in [4.69, 9.17) is 0 Å². The normalized spacial score (nSPS) is 10.2. The molecule has 2 rings (SSSR count). The van der Waals surface area contributed by atoms with E-state index in [2.05, 4.69) is 0 Å². The van der Waals surface area contributed by atoms with E-state index in [1.807, 2.05) is 32.0 Å². The Labute approximate surface area is 125 Å². The Morgan fingerprint density at radius 1 is 0.762 bits per heavy atom. The predicted molar refractivity (Wildman–Crippen MR) is 83.6 cm³/mol. The van der Waals surface area contributed by atoms with Crippen LogP contribution in [0.4, 0.5) is 0 Å². The molecule has 0 saturated carbocycles. The SMILES string of the molecule is CCN(CC)C(=O)c1ccc(C(=O)c2ccccc2)cc1. The van der Waals surface area contributed by atoms with Crippen molar-refractivity contribution in [3.8, 4) is 0 Å². The third kappa shape index (κ3) is 3.37. The van der Waals surface area contributed by atoms with E-state index in [1.54, 1.807) is 41.3 Å². The lowest BCUT2D eigenvalue weighted by Crippen LogP contribution is -2.30.